The highest BCUT2D eigenvalue weighted by molar-refractivity contribution is 6.09. The van der Waals surface area contributed by atoms with E-state index in [9.17, 15) is 14.0 Å². The average molecular weight is 282 g/mol. The van der Waals surface area contributed by atoms with Gasteiger partial charge in [-0.3, -0.25) is 9.59 Å². The molecule has 0 spiro atoms. The molecule has 2 aromatic carbocycles. The minimum absolute atomic E-state index is 0.0984. The first kappa shape index (κ1) is 13.2. The van der Waals surface area contributed by atoms with Crippen molar-refractivity contribution in [3.63, 3.8) is 0 Å². The minimum Gasteiger partial charge on any atom is -0.463 e. The lowest BCUT2D eigenvalue weighted by atomic mass is 10.0. The molecular formula is C17H11FO3. The summed E-state index contributed by atoms with van der Waals surface area (Å²) in [7, 11) is 0. The number of aryl methyl sites for hydroxylation is 1. The van der Waals surface area contributed by atoms with Gasteiger partial charge in [-0.2, -0.15) is 0 Å². The highest BCUT2D eigenvalue weighted by Gasteiger charge is 2.16. The zero-order valence-electron chi connectivity index (χ0n) is 11.2. The fraction of sp³-hybridized carbons (Fsp3) is 0.0588. The van der Waals surface area contributed by atoms with Crippen LogP contribution in [0.5, 0.6) is 0 Å². The number of rotatable bonds is 2. The molecule has 0 fully saturated rings. The predicted molar refractivity (Wildman–Crippen MR) is 77.1 cm³/mol. The fourth-order valence-corrected chi connectivity index (χ4v) is 2.19. The van der Waals surface area contributed by atoms with Gasteiger partial charge in [0, 0.05) is 5.56 Å². The Hall–Kier alpha value is -2.75. The van der Waals surface area contributed by atoms with Crippen LogP contribution < -0.4 is 5.43 Å². The maximum Gasteiger partial charge on any atom is 0.203 e. The van der Waals surface area contributed by atoms with Crippen molar-refractivity contribution in [2.45, 2.75) is 6.92 Å². The second-order valence-electron chi connectivity index (χ2n) is 4.82. The molecule has 3 nitrogen and oxygen atoms in total. The van der Waals surface area contributed by atoms with Gasteiger partial charge in [0.25, 0.3) is 0 Å². The molecular weight excluding hydrogens is 271 g/mol. The molecule has 1 heterocycles. The molecule has 4 heteroatoms. The van der Waals surface area contributed by atoms with Crippen LogP contribution in [0.1, 0.15) is 21.5 Å². The molecule has 3 rings (SSSR count). The molecule has 0 radical (unpaired) electrons. The van der Waals surface area contributed by atoms with E-state index >= 15 is 0 Å². The van der Waals surface area contributed by atoms with E-state index in [2.05, 4.69) is 0 Å². The molecule has 0 N–H and O–H groups in total. The first-order valence-corrected chi connectivity index (χ1v) is 6.39. The lowest BCUT2D eigenvalue weighted by molar-refractivity contribution is 0.103. The van der Waals surface area contributed by atoms with Crippen molar-refractivity contribution in [2.24, 2.45) is 0 Å². The van der Waals surface area contributed by atoms with Gasteiger partial charge < -0.3 is 4.42 Å². The number of ketones is 1. The van der Waals surface area contributed by atoms with Gasteiger partial charge >= 0.3 is 0 Å². The van der Waals surface area contributed by atoms with Crippen LogP contribution in [-0.2, 0) is 0 Å². The van der Waals surface area contributed by atoms with Gasteiger partial charge in [0.1, 0.15) is 23.2 Å². The number of hydrogen-bond acceptors (Lipinski definition) is 3. The molecule has 0 unspecified atom stereocenters. The van der Waals surface area contributed by atoms with E-state index in [1.165, 1.54) is 18.2 Å². The van der Waals surface area contributed by atoms with E-state index in [1.807, 2.05) is 13.0 Å². The van der Waals surface area contributed by atoms with Gasteiger partial charge in [-0.25, -0.2) is 4.39 Å². The average Bonchev–Trinajstić information content (AvgIpc) is 2.47. The van der Waals surface area contributed by atoms with E-state index < -0.39 is 17.0 Å². The number of fused-ring (bicyclic) bond motifs is 1. The Bertz CT molecular complexity index is 909. The smallest absolute Gasteiger partial charge is 0.203 e. The number of benzene rings is 2. The maximum atomic E-state index is 13.2. The number of carbonyl (C=O) groups excluding carboxylic acids is 1. The molecule has 21 heavy (non-hydrogen) atoms. The molecule has 0 aliphatic carbocycles. The van der Waals surface area contributed by atoms with E-state index in [0.717, 1.165) is 17.9 Å². The van der Waals surface area contributed by atoms with E-state index in [4.69, 9.17) is 4.42 Å². The maximum absolute atomic E-state index is 13.2. The summed E-state index contributed by atoms with van der Waals surface area (Å²) in [4.78, 5) is 24.7. The third kappa shape index (κ3) is 2.36. The quantitative estimate of drug-likeness (QED) is 0.676. The van der Waals surface area contributed by atoms with E-state index in [1.54, 1.807) is 12.1 Å². The van der Waals surface area contributed by atoms with Crippen LogP contribution in [0.15, 0.2) is 57.9 Å². The monoisotopic (exact) mass is 282 g/mol. The van der Waals surface area contributed by atoms with Crippen molar-refractivity contribution in [1.82, 2.24) is 0 Å². The Morgan fingerprint density at radius 2 is 1.95 bits per heavy atom. The van der Waals surface area contributed by atoms with Crippen molar-refractivity contribution in [2.75, 3.05) is 0 Å². The first-order chi connectivity index (χ1) is 10.1. The molecule has 0 aliphatic heterocycles. The van der Waals surface area contributed by atoms with Gasteiger partial charge in [-0.1, -0.05) is 23.8 Å². The highest BCUT2D eigenvalue weighted by atomic mass is 19.1. The third-order valence-electron chi connectivity index (χ3n) is 3.26. The van der Waals surface area contributed by atoms with Crippen LogP contribution in [-0.4, -0.2) is 5.78 Å². The Kier molecular flexibility index (Phi) is 3.14. The Balaban J connectivity index is 2.19. The topological polar surface area (TPSA) is 47.3 Å². The molecule has 3 aromatic rings. The molecule has 0 saturated heterocycles. The van der Waals surface area contributed by atoms with E-state index in [-0.39, 0.29) is 11.1 Å². The first-order valence-electron chi connectivity index (χ1n) is 6.39. The Morgan fingerprint density at radius 1 is 1.14 bits per heavy atom. The zero-order chi connectivity index (χ0) is 15.0. The van der Waals surface area contributed by atoms with Crippen molar-refractivity contribution in [1.29, 1.82) is 0 Å². The largest absolute Gasteiger partial charge is 0.463 e. The lowest BCUT2D eigenvalue weighted by Crippen LogP contribution is -2.15. The Labute approximate surface area is 119 Å². The Morgan fingerprint density at radius 3 is 2.71 bits per heavy atom. The van der Waals surface area contributed by atoms with E-state index in [0.29, 0.717) is 11.0 Å². The highest BCUT2D eigenvalue weighted by Crippen LogP contribution is 2.15. The molecule has 0 amide bonds. The summed E-state index contributed by atoms with van der Waals surface area (Å²) in [6, 6.07) is 10.4. The molecule has 0 bridgehead atoms. The molecule has 0 saturated carbocycles. The molecule has 0 atom stereocenters. The predicted octanol–water partition coefficient (Wildman–Crippen LogP) is 3.47. The third-order valence-corrected chi connectivity index (χ3v) is 3.26. The van der Waals surface area contributed by atoms with Gasteiger partial charge in [0.05, 0.1) is 5.39 Å². The van der Waals surface area contributed by atoms with Gasteiger partial charge in [0.15, 0.2) is 5.78 Å². The van der Waals surface area contributed by atoms with Crippen LogP contribution in [0.25, 0.3) is 11.0 Å². The standard InChI is InChI=1S/C17H11FO3/c1-10-5-6-15-13(7-10)17(20)14(9-21-15)16(19)11-3-2-4-12(18)8-11/h2-9H,1H3. The van der Waals surface area contributed by atoms with Crippen molar-refractivity contribution in [3.05, 3.63) is 81.5 Å². The molecule has 0 aliphatic rings. The summed E-state index contributed by atoms with van der Waals surface area (Å²) in [5.41, 5.74) is 0.925. The van der Waals surface area contributed by atoms with Gasteiger partial charge in [0.2, 0.25) is 5.43 Å². The summed E-state index contributed by atoms with van der Waals surface area (Å²) in [6.45, 7) is 1.85. The number of halogens is 1. The normalized spacial score (nSPS) is 10.8. The molecule has 104 valence electrons. The fourth-order valence-electron chi connectivity index (χ4n) is 2.19. The summed E-state index contributed by atoms with van der Waals surface area (Å²) in [5, 5.41) is 0.345. The van der Waals surface area contributed by atoms with Crippen LogP contribution in [0.4, 0.5) is 4.39 Å². The number of hydrogen-bond donors (Lipinski definition) is 0. The molecule has 1 aromatic heterocycles. The van der Waals surface area contributed by atoms with Crippen LogP contribution >= 0.6 is 0 Å². The zero-order valence-corrected chi connectivity index (χ0v) is 11.2. The summed E-state index contributed by atoms with van der Waals surface area (Å²) >= 11 is 0. The van der Waals surface area contributed by atoms with Crippen molar-refractivity contribution in [3.8, 4) is 0 Å². The lowest BCUT2D eigenvalue weighted by Gasteiger charge is -2.03. The van der Waals surface area contributed by atoms with Gasteiger partial charge in [-0.05, 0) is 31.2 Å². The number of carbonyl (C=O) groups is 1. The van der Waals surface area contributed by atoms with Crippen LogP contribution in [0.2, 0.25) is 0 Å². The van der Waals surface area contributed by atoms with Crippen molar-refractivity contribution >= 4 is 16.8 Å². The van der Waals surface area contributed by atoms with Crippen LogP contribution in [0.3, 0.4) is 0 Å². The van der Waals surface area contributed by atoms with Gasteiger partial charge in [-0.15, -0.1) is 0 Å². The van der Waals surface area contributed by atoms with Crippen molar-refractivity contribution < 1.29 is 13.6 Å². The SMILES string of the molecule is Cc1ccc2occ(C(=O)c3cccc(F)c3)c(=O)c2c1. The minimum atomic E-state index is -0.549. The van der Waals surface area contributed by atoms with Crippen LogP contribution in [0, 0.1) is 12.7 Å². The summed E-state index contributed by atoms with van der Waals surface area (Å²) in [5.74, 6) is -1.08. The second kappa shape index (κ2) is 4.98. The summed E-state index contributed by atoms with van der Waals surface area (Å²) < 4.78 is 18.5. The summed E-state index contributed by atoms with van der Waals surface area (Å²) in [6.07, 6.45) is 1.13. The second-order valence-corrected chi connectivity index (χ2v) is 4.82.